The maximum absolute atomic E-state index is 13.3. The standard InChI is InChI=1S/C22H22F2N2O5/c23-21(24)18(11-19(27)25-10-9-20(28)29)26-22(30)31-12-17-15-7-3-1-5-13(15)14-6-2-4-8-16(14)17/h1-8,17-18,21H,9-12H2,(H,25,27)(H,26,30)(H,28,29). The average molecular weight is 432 g/mol. The predicted octanol–water partition coefficient (Wildman–Crippen LogP) is 3.14. The van der Waals surface area contributed by atoms with E-state index in [0.717, 1.165) is 22.3 Å². The normalized spacial score (nSPS) is 13.3. The van der Waals surface area contributed by atoms with Crippen LogP contribution in [0.3, 0.4) is 0 Å². The molecule has 0 fully saturated rings. The Bertz CT molecular complexity index is 921. The molecular weight excluding hydrogens is 410 g/mol. The number of hydrogen-bond acceptors (Lipinski definition) is 4. The Kier molecular flexibility index (Phi) is 7.17. The van der Waals surface area contributed by atoms with Gasteiger partial charge in [0.25, 0.3) is 6.43 Å². The third-order valence-electron chi connectivity index (χ3n) is 5.02. The molecule has 0 bridgehead atoms. The molecule has 0 aliphatic heterocycles. The van der Waals surface area contributed by atoms with Crippen molar-refractivity contribution in [3.8, 4) is 11.1 Å². The van der Waals surface area contributed by atoms with E-state index in [9.17, 15) is 23.2 Å². The third kappa shape index (κ3) is 5.56. The number of aliphatic carboxylic acids is 1. The lowest BCUT2D eigenvalue weighted by atomic mass is 9.98. The summed E-state index contributed by atoms with van der Waals surface area (Å²) in [5.41, 5.74) is 4.05. The van der Waals surface area contributed by atoms with Gasteiger partial charge in [-0.3, -0.25) is 9.59 Å². The number of carbonyl (C=O) groups excluding carboxylic acids is 2. The number of fused-ring (bicyclic) bond motifs is 3. The maximum atomic E-state index is 13.3. The molecule has 7 nitrogen and oxygen atoms in total. The summed E-state index contributed by atoms with van der Waals surface area (Å²) in [4.78, 5) is 34.3. The molecule has 9 heteroatoms. The highest BCUT2D eigenvalue weighted by Crippen LogP contribution is 2.44. The smallest absolute Gasteiger partial charge is 0.407 e. The zero-order chi connectivity index (χ0) is 22.4. The van der Waals surface area contributed by atoms with Crippen LogP contribution in [0, 0.1) is 0 Å². The first-order valence-electron chi connectivity index (χ1n) is 9.75. The predicted molar refractivity (Wildman–Crippen MR) is 108 cm³/mol. The number of benzene rings is 2. The SMILES string of the molecule is O=C(O)CCNC(=O)CC(NC(=O)OCC1c2ccccc2-c2ccccc21)C(F)F. The number of carbonyl (C=O) groups is 3. The highest BCUT2D eigenvalue weighted by atomic mass is 19.3. The van der Waals surface area contributed by atoms with Crippen LogP contribution in [0.5, 0.6) is 0 Å². The number of nitrogens with one attached hydrogen (secondary N) is 2. The second-order valence-corrected chi connectivity index (χ2v) is 7.11. The zero-order valence-electron chi connectivity index (χ0n) is 16.5. The Hall–Kier alpha value is -3.49. The number of hydrogen-bond donors (Lipinski definition) is 3. The van der Waals surface area contributed by atoms with Crippen molar-refractivity contribution in [2.24, 2.45) is 0 Å². The molecule has 1 unspecified atom stereocenters. The molecule has 3 rings (SSSR count). The number of alkyl halides is 2. The highest BCUT2D eigenvalue weighted by Gasteiger charge is 2.30. The van der Waals surface area contributed by atoms with E-state index in [1.807, 2.05) is 53.8 Å². The number of ether oxygens (including phenoxy) is 1. The molecule has 3 N–H and O–H groups in total. The van der Waals surface area contributed by atoms with Gasteiger partial charge in [0, 0.05) is 12.5 Å². The second kappa shape index (κ2) is 10.0. The lowest BCUT2D eigenvalue weighted by Gasteiger charge is -2.19. The van der Waals surface area contributed by atoms with E-state index in [4.69, 9.17) is 9.84 Å². The molecule has 1 aliphatic carbocycles. The fraction of sp³-hybridized carbons (Fsp3) is 0.318. The summed E-state index contributed by atoms with van der Waals surface area (Å²) < 4.78 is 31.7. The zero-order valence-corrected chi connectivity index (χ0v) is 16.5. The van der Waals surface area contributed by atoms with E-state index in [-0.39, 0.29) is 25.5 Å². The van der Waals surface area contributed by atoms with Crippen LogP contribution < -0.4 is 10.6 Å². The number of halogens is 2. The lowest BCUT2D eigenvalue weighted by molar-refractivity contribution is -0.136. The van der Waals surface area contributed by atoms with Gasteiger partial charge in [-0.25, -0.2) is 13.6 Å². The molecule has 2 aromatic carbocycles. The number of carboxylic acids is 1. The first-order chi connectivity index (χ1) is 14.9. The molecule has 0 spiro atoms. The van der Waals surface area contributed by atoms with Crippen LogP contribution in [0.2, 0.25) is 0 Å². The molecular formula is C22H22F2N2O5. The number of carboxylic acid groups (broad SMARTS) is 1. The van der Waals surface area contributed by atoms with Crippen molar-refractivity contribution in [2.75, 3.05) is 13.2 Å². The first kappa shape index (κ1) is 22.2. The Morgan fingerprint density at radius 1 is 1.00 bits per heavy atom. The summed E-state index contributed by atoms with van der Waals surface area (Å²) in [6.45, 7) is -0.226. The van der Waals surface area contributed by atoms with E-state index in [1.54, 1.807) is 0 Å². The Morgan fingerprint density at radius 2 is 1.58 bits per heavy atom. The van der Waals surface area contributed by atoms with Crippen LogP contribution in [0.25, 0.3) is 11.1 Å². The van der Waals surface area contributed by atoms with Crippen molar-refractivity contribution in [3.63, 3.8) is 0 Å². The quantitative estimate of drug-likeness (QED) is 0.565. The summed E-state index contributed by atoms with van der Waals surface area (Å²) in [5, 5.41) is 12.8. The summed E-state index contributed by atoms with van der Waals surface area (Å²) >= 11 is 0. The van der Waals surface area contributed by atoms with Gasteiger partial charge in [0.2, 0.25) is 5.91 Å². The third-order valence-corrected chi connectivity index (χ3v) is 5.02. The molecule has 2 amide bonds. The number of amides is 2. The number of alkyl carbamates (subject to hydrolysis) is 1. The van der Waals surface area contributed by atoms with Crippen molar-refractivity contribution in [3.05, 3.63) is 59.7 Å². The summed E-state index contributed by atoms with van der Waals surface area (Å²) in [6, 6.07) is 13.7. The van der Waals surface area contributed by atoms with Crippen LogP contribution in [0.4, 0.5) is 13.6 Å². The summed E-state index contributed by atoms with van der Waals surface area (Å²) in [5.74, 6) is -2.13. The molecule has 0 saturated heterocycles. The van der Waals surface area contributed by atoms with E-state index in [0.29, 0.717) is 0 Å². The van der Waals surface area contributed by atoms with Crippen molar-refractivity contribution in [1.82, 2.24) is 10.6 Å². The van der Waals surface area contributed by atoms with E-state index in [1.165, 1.54) is 0 Å². The van der Waals surface area contributed by atoms with E-state index in [2.05, 4.69) is 5.32 Å². The van der Waals surface area contributed by atoms with Crippen LogP contribution >= 0.6 is 0 Å². The Balaban J connectivity index is 1.57. The van der Waals surface area contributed by atoms with Crippen LogP contribution in [0.1, 0.15) is 29.9 Å². The topological polar surface area (TPSA) is 105 Å². The van der Waals surface area contributed by atoms with Crippen molar-refractivity contribution >= 4 is 18.0 Å². The van der Waals surface area contributed by atoms with Crippen LogP contribution in [0.15, 0.2) is 48.5 Å². The molecule has 1 aliphatic rings. The van der Waals surface area contributed by atoms with Crippen LogP contribution in [-0.4, -0.2) is 48.7 Å². The fourth-order valence-electron chi connectivity index (χ4n) is 3.58. The molecule has 0 saturated carbocycles. The van der Waals surface area contributed by atoms with E-state index >= 15 is 0 Å². The minimum Gasteiger partial charge on any atom is -0.481 e. The van der Waals surface area contributed by atoms with Crippen molar-refractivity contribution in [1.29, 1.82) is 0 Å². The molecule has 0 aromatic heterocycles. The monoisotopic (exact) mass is 432 g/mol. The molecule has 1 atom stereocenters. The number of rotatable bonds is 9. The van der Waals surface area contributed by atoms with Gasteiger partial charge < -0.3 is 20.5 Å². The van der Waals surface area contributed by atoms with Gasteiger partial charge in [0.05, 0.1) is 12.8 Å². The average Bonchev–Trinajstić information content (AvgIpc) is 3.05. The summed E-state index contributed by atoms with van der Waals surface area (Å²) in [7, 11) is 0. The molecule has 31 heavy (non-hydrogen) atoms. The van der Waals surface area contributed by atoms with Gasteiger partial charge in [-0.15, -0.1) is 0 Å². The second-order valence-electron chi connectivity index (χ2n) is 7.11. The Morgan fingerprint density at radius 3 is 2.13 bits per heavy atom. The van der Waals surface area contributed by atoms with Gasteiger partial charge in [0.15, 0.2) is 0 Å². The lowest BCUT2D eigenvalue weighted by Crippen LogP contribution is -2.44. The molecule has 0 radical (unpaired) electrons. The molecule has 2 aromatic rings. The van der Waals surface area contributed by atoms with Gasteiger partial charge >= 0.3 is 12.1 Å². The van der Waals surface area contributed by atoms with Crippen LogP contribution in [-0.2, 0) is 14.3 Å². The maximum Gasteiger partial charge on any atom is 0.407 e. The first-order valence-corrected chi connectivity index (χ1v) is 9.75. The largest absolute Gasteiger partial charge is 0.481 e. The molecule has 164 valence electrons. The highest BCUT2D eigenvalue weighted by molar-refractivity contribution is 5.80. The molecule has 0 heterocycles. The van der Waals surface area contributed by atoms with Crippen molar-refractivity contribution < 1.29 is 33.0 Å². The van der Waals surface area contributed by atoms with Gasteiger partial charge in [-0.2, -0.15) is 0 Å². The Labute approximate surface area is 177 Å². The van der Waals surface area contributed by atoms with Crippen molar-refractivity contribution in [2.45, 2.75) is 31.2 Å². The minimum atomic E-state index is -2.99. The van der Waals surface area contributed by atoms with E-state index < -0.39 is 36.9 Å². The van der Waals surface area contributed by atoms with Gasteiger partial charge in [-0.1, -0.05) is 48.5 Å². The summed E-state index contributed by atoms with van der Waals surface area (Å²) in [6.07, 6.45) is -5.07. The van der Waals surface area contributed by atoms with Gasteiger partial charge in [-0.05, 0) is 22.3 Å². The minimum absolute atomic E-state index is 0.0410. The van der Waals surface area contributed by atoms with Gasteiger partial charge in [0.1, 0.15) is 12.6 Å². The fourth-order valence-corrected chi connectivity index (χ4v) is 3.58.